The Morgan fingerprint density at radius 1 is 0.261 bits per heavy atom. The fourth-order valence-corrected chi connectivity index (χ4v) is 10.1. The third-order valence-corrected chi connectivity index (χ3v) is 15.5. The van der Waals surface area contributed by atoms with Gasteiger partial charge in [0.05, 0.1) is 6.61 Å². The van der Waals surface area contributed by atoms with Crippen LogP contribution in [0.15, 0.2) is 170 Å². The molecular weight excluding hydrogens is 1080 g/mol. The lowest BCUT2D eigenvalue weighted by molar-refractivity contribution is -0.161. The van der Waals surface area contributed by atoms with Gasteiger partial charge in [0.25, 0.3) is 0 Å². The largest absolute Gasteiger partial charge is 0.462 e. The fraction of sp³-hybridized carbons (Fsp3) is 0.639. The number of rotatable bonds is 66. The molecule has 0 rings (SSSR count). The molecular formula is C83H136O5. The zero-order valence-corrected chi connectivity index (χ0v) is 57.2. The van der Waals surface area contributed by atoms with E-state index in [0.717, 1.165) is 128 Å². The highest BCUT2D eigenvalue weighted by Crippen LogP contribution is 2.17. The number of esters is 2. The summed E-state index contributed by atoms with van der Waals surface area (Å²) < 4.78 is 10.8. The summed E-state index contributed by atoms with van der Waals surface area (Å²) in [4.78, 5) is 24.7. The van der Waals surface area contributed by atoms with Crippen molar-refractivity contribution >= 4 is 11.9 Å². The van der Waals surface area contributed by atoms with Crippen molar-refractivity contribution in [1.82, 2.24) is 0 Å². The van der Waals surface area contributed by atoms with Crippen LogP contribution in [0.1, 0.15) is 322 Å². The van der Waals surface area contributed by atoms with E-state index in [1.165, 1.54) is 167 Å². The molecule has 0 amide bonds. The number of unbranched alkanes of at least 4 members (excludes halogenated alkanes) is 30. The van der Waals surface area contributed by atoms with Crippen molar-refractivity contribution in [1.29, 1.82) is 0 Å². The van der Waals surface area contributed by atoms with Gasteiger partial charge in [0.2, 0.25) is 0 Å². The summed E-state index contributed by atoms with van der Waals surface area (Å²) in [5.41, 5.74) is 0. The number of carbonyl (C=O) groups is 2. The number of allylic oxidation sites excluding steroid dienone is 28. The molecule has 0 aromatic rings. The highest BCUT2D eigenvalue weighted by Gasteiger charge is 2.16. The van der Waals surface area contributed by atoms with Crippen LogP contribution in [-0.4, -0.2) is 36.4 Å². The third-order valence-electron chi connectivity index (χ3n) is 15.5. The molecule has 0 aromatic heterocycles. The predicted molar refractivity (Wildman–Crippen MR) is 389 cm³/mol. The third kappa shape index (κ3) is 73.7. The van der Waals surface area contributed by atoms with Gasteiger partial charge in [-0.05, 0) is 128 Å². The van der Waals surface area contributed by atoms with Crippen LogP contribution in [0.2, 0.25) is 0 Å². The van der Waals surface area contributed by atoms with Crippen LogP contribution in [0.3, 0.4) is 0 Å². The highest BCUT2D eigenvalue weighted by atomic mass is 16.6. The molecule has 0 bridgehead atoms. The van der Waals surface area contributed by atoms with Gasteiger partial charge in [0.15, 0.2) is 6.10 Å². The average Bonchev–Trinajstić information content (AvgIpc) is 3.55. The number of hydrogen-bond donors (Lipinski definition) is 1. The lowest BCUT2D eigenvalue weighted by Gasteiger charge is -2.15. The Labute approximate surface area is 544 Å². The second kappa shape index (κ2) is 76.5. The molecule has 0 saturated heterocycles. The second-order valence-electron chi connectivity index (χ2n) is 23.9. The summed E-state index contributed by atoms with van der Waals surface area (Å²) in [7, 11) is 0. The van der Waals surface area contributed by atoms with E-state index in [1.807, 2.05) is 0 Å². The normalized spacial score (nSPS) is 13.3. The molecule has 0 saturated carbocycles. The first-order valence-corrected chi connectivity index (χ1v) is 36.7. The van der Waals surface area contributed by atoms with Crippen LogP contribution >= 0.6 is 0 Å². The van der Waals surface area contributed by atoms with E-state index >= 15 is 0 Å². The summed E-state index contributed by atoms with van der Waals surface area (Å²) in [6.07, 6.45) is 118. The van der Waals surface area contributed by atoms with Gasteiger partial charge in [-0.15, -0.1) is 0 Å². The lowest BCUT2D eigenvalue weighted by atomic mass is 10.0. The van der Waals surface area contributed by atoms with Gasteiger partial charge >= 0.3 is 11.9 Å². The number of aliphatic hydroxyl groups excluding tert-OH is 1. The van der Waals surface area contributed by atoms with E-state index in [4.69, 9.17) is 9.47 Å². The summed E-state index contributed by atoms with van der Waals surface area (Å²) in [5.74, 6) is -0.590. The SMILES string of the molecule is CC/C=C\C/C=C\C/C=C\C/C=C\C/C=C\C/C=C\C/C=C\C/C=C\CCCCCCCCCCCCCCC(=O)OC(CO)COC(=O)CCCCCCCCCCCCCCCCCCCC/C=C\C/C=C\C/C=C\C/C=C\C/C=C\C/C=C\CC. The Hall–Kier alpha value is -4.74. The molecule has 0 aliphatic heterocycles. The molecule has 1 N–H and O–H groups in total. The van der Waals surface area contributed by atoms with Crippen LogP contribution in [0, 0.1) is 0 Å². The second-order valence-corrected chi connectivity index (χ2v) is 23.9. The maximum Gasteiger partial charge on any atom is 0.306 e. The summed E-state index contributed by atoms with van der Waals surface area (Å²) in [5, 5.41) is 9.72. The van der Waals surface area contributed by atoms with Gasteiger partial charge in [0, 0.05) is 12.8 Å². The first-order chi connectivity index (χ1) is 43.6. The van der Waals surface area contributed by atoms with Crippen molar-refractivity contribution in [2.75, 3.05) is 13.2 Å². The minimum Gasteiger partial charge on any atom is -0.462 e. The molecule has 0 radical (unpaired) electrons. The van der Waals surface area contributed by atoms with Crippen LogP contribution < -0.4 is 0 Å². The van der Waals surface area contributed by atoms with Gasteiger partial charge < -0.3 is 14.6 Å². The topological polar surface area (TPSA) is 72.8 Å². The van der Waals surface area contributed by atoms with E-state index in [-0.39, 0.29) is 25.2 Å². The minimum absolute atomic E-state index is 0.0720. The molecule has 0 fully saturated rings. The van der Waals surface area contributed by atoms with Crippen LogP contribution in [0.25, 0.3) is 0 Å². The van der Waals surface area contributed by atoms with Crippen molar-refractivity contribution < 1.29 is 24.2 Å². The smallest absolute Gasteiger partial charge is 0.306 e. The fourth-order valence-electron chi connectivity index (χ4n) is 10.1. The molecule has 0 spiro atoms. The van der Waals surface area contributed by atoms with E-state index in [2.05, 4.69) is 184 Å². The van der Waals surface area contributed by atoms with Crippen LogP contribution in [0.4, 0.5) is 0 Å². The summed E-state index contributed by atoms with van der Waals surface area (Å²) in [6.45, 7) is 3.93. The van der Waals surface area contributed by atoms with Crippen molar-refractivity contribution in [3.8, 4) is 0 Å². The van der Waals surface area contributed by atoms with Gasteiger partial charge in [-0.2, -0.15) is 0 Å². The van der Waals surface area contributed by atoms with E-state index in [9.17, 15) is 14.7 Å². The Morgan fingerprint density at radius 3 is 0.682 bits per heavy atom. The summed E-state index contributed by atoms with van der Waals surface area (Å²) >= 11 is 0. The first-order valence-electron chi connectivity index (χ1n) is 36.7. The number of carbonyl (C=O) groups excluding carboxylic acids is 2. The zero-order valence-electron chi connectivity index (χ0n) is 57.2. The first kappa shape index (κ1) is 83.3. The van der Waals surface area contributed by atoms with Crippen LogP contribution in [0.5, 0.6) is 0 Å². The lowest BCUT2D eigenvalue weighted by Crippen LogP contribution is -2.28. The van der Waals surface area contributed by atoms with E-state index in [0.29, 0.717) is 12.8 Å². The van der Waals surface area contributed by atoms with Crippen molar-refractivity contribution in [2.45, 2.75) is 328 Å². The van der Waals surface area contributed by atoms with Gasteiger partial charge in [-0.25, -0.2) is 0 Å². The summed E-state index contributed by atoms with van der Waals surface area (Å²) in [6, 6.07) is 0. The monoisotopic (exact) mass is 1210 g/mol. The van der Waals surface area contributed by atoms with Crippen molar-refractivity contribution in [3.05, 3.63) is 170 Å². The number of ether oxygens (including phenoxy) is 2. The quantitative estimate of drug-likeness (QED) is 0.0373. The maximum atomic E-state index is 12.4. The van der Waals surface area contributed by atoms with E-state index in [1.54, 1.807) is 0 Å². The Kier molecular flexibility index (Phi) is 72.4. The Bertz CT molecular complexity index is 1910. The molecule has 88 heavy (non-hydrogen) atoms. The number of aliphatic hydroxyl groups is 1. The van der Waals surface area contributed by atoms with Gasteiger partial charge in [-0.3, -0.25) is 9.59 Å². The maximum absolute atomic E-state index is 12.4. The molecule has 1 unspecified atom stereocenters. The van der Waals surface area contributed by atoms with Crippen molar-refractivity contribution in [2.24, 2.45) is 0 Å². The van der Waals surface area contributed by atoms with Crippen molar-refractivity contribution in [3.63, 3.8) is 0 Å². The zero-order chi connectivity index (χ0) is 63.3. The molecule has 0 aliphatic rings. The number of hydrogen-bond acceptors (Lipinski definition) is 5. The Balaban J connectivity index is 3.50. The molecule has 0 aliphatic carbocycles. The van der Waals surface area contributed by atoms with E-state index < -0.39 is 6.10 Å². The predicted octanol–water partition coefficient (Wildman–Crippen LogP) is 26.0. The molecule has 5 nitrogen and oxygen atoms in total. The molecule has 0 aromatic carbocycles. The molecule has 498 valence electrons. The van der Waals surface area contributed by atoms with Gasteiger partial charge in [0.1, 0.15) is 6.61 Å². The Morgan fingerprint density at radius 2 is 0.455 bits per heavy atom. The molecule has 5 heteroatoms. The minimum atomic E-state index is -0.784. The molecule has 0 heterocycles. The molecule has 1 atom stereocenters. The average molecular weight is 1210 g/mol. The van der Waals surface area contributed by atoms with Crippen LogP contribution in [-0.2, 0) is 19.1 Å². The van der Waals surface area contributed by atoms with Gasteiger partial charge in [-0.1, -0.05) is 351 Å². The highest BCUT2D eigenvalue weighted by molar-refractivity contribution is 5.70. The standard InChI is InChI=1S/C83H136O5/c1-3-5-7-9-11-13-15-17-19-21-23-25-27-29-31-33-35-37-39-41-43-45-47-49-51-53-55-57-59-61-63-65-67-69-71-73-75-77-82(85)87-80-81(79-84)88-83(86)78-76-74-72-70-68-66-64-62-60-58-56-54-52-50-48-46-44-42-40-38-36-34-32-30-28-26-24-22-20-18-16-14-12-10-8-6-4-2/h5-8,11-14,17-20,23-26,29-32,35-38,42,44,48,50,81,84H,3-4,9-10,15-16,21-22,27-28,33-34,39-41,43,45-47,49,51-80H2,1-2H3/b7-5-,8-6-,13-11-,14-12-,19-17-,20-18-,25-23-,26-24-,31-29-,32-30-,37-35-,38-36-,44-42-,50-48-.